The van der Waals surface area contributed by atoms with Crippen molar-refractivity contribution in [2.24, 2.45) is 5.92 Å². The van der Waals surface area contributed by atoms with Gasteiger partial charge in [-0.25, -0.2) is 0 Å². The average Bonchev–Trinajstić information content (AvgIpc) is 2.76. The van der Waals surface area contributed by atoms with Crippen LogP contribution in [0.25, 0.3) is 0 Å². The van der Waals surface area contributed by atoms with Gasteiger partial charge < -0.3 is 24.5 Å². The molecule has 1 atom stereocenters. The molecule has 0 saturated carbocycles. The zero-order chi connectivity index (χ0) is 17.1. The normalized spacial score (nSPS) is 16.5. The minimum Gasteiger partial charge on any atom is -0.550 e. The fourth-order valence-electron chi connectivity index (χ4n) is 3.17. The maximum absolute atomic E-state index is 12.3. The van der Waals surface area contributed by atoms with Gasteiger partial charge in [0, 0.05) is 22.8 Å². The van der Waals surface area contributed by atoms with Crippen LogP contribution in [0, 0.1) is 5.92 Å². The first-order chi connectivity index (χ1) is 10.8. The van der Waals surface area contributed by atoms with Gasteiger partial charge in [0.15, 0.2) is 5.78 Å². The summed E-state index contributed by atoms with van der Waals surface area (Å²) >= 11 is 3.41. The third-order valence-corrected chi connectivity index (χ3v) is 4.71. The summed E-state index contributed by atoms with van der Waals surface area (Å²) in [5, 5.41) is 21.6. The van der Waals surface area contributed by atoms with Crippen LogP contribution in [0.1, 0.15) is 47.5 Å². The van der Waals surface area contributed by atoms with E-state index in [-0.39, 0.29) is 37.4 Å². The second kappa shape index (κ2) is 7.12. The van der Waals surface area contributed by atoms with E-state index >= 15 is 0 Å². The quantitative estimate of drug-likeness (QED) is 0.675. The second-order valence-electron chi connectivity index (χ2n) is 5.62. The lowest BCUT2D eigenvalue weighted by Crippen LogP contribution is -2.30. The van der Waals surface area contributed by atoms with Gasteiger partial charge in [0.2, 0.25) is 0 Å². The molecule has 1 aliphatic carbocycles. The van der Waals surface area contributed by atoms with Gasteiger partial charge in [-0.2, -0.15) is 0 Å². The number of ether oxygens (including phenoxy) is 1. The summed E-state index contributed by atoms with van der Waals surface area (Å²) in [6.45, 7) is 0. The molecule has 6 nitrogen and oxygen atoms in total. The largest absolute Gasteiger partial charge is 0.550 e. The number of aliphatic carboxylic acids is 2. The predicted molar refractivity (Wildman–Crippen MR) is 79.7 cm³/mol. The van der Waals surface area contributed by atoms with Gasteiger partial charge in [-0.05, 0) is 48.8 Å². The second-order valence-corrected chi connectivity index (χ2v) is 6.47. The topological polar surface area (TPSA) is 107 Å². The van der Waals surface area contributed by atoms with Crippen molar-refractivity contribution in [2.45, 2.75) is 31.6 Å². The summed E-state index contributed by atoms with van der Waals surface area (Å²) in [6.07, 6.45) is -0.303. The van der Waals surface area contributed by atoms with E-state index in [1.807, 2.05) is 0 Å². The Balaban J connectivity index is 2.31. The van der Waals surface area contributed by atoms with E-state index in [0.717, 1.165) is 10.0 Å². The Hall–Kier alpha value is -1.89. The van der Waals surface area contributed by atoms with Crippen LogP contribution < -0.4 is 14.9 Å². The van der Waals surface area contributed by atoms with E-state index in [1.54, 1.807) is 12.1 Å². The highest BCUT2D eigenvalue weighted by Crippen LogP contribution is 2.45. The van der Waals surface area contributed by atoms with Crippen LogP contribution in [0.4, 0.5) is 0 Å². The standard InChI is InChI=1S/C16H17BrO6/c1-23-12-3-2-10(17)15-9(7-11(18)16(12)15)4-8(5-13(19)20)6-14(21)22/h2-3,8-9H,4-7H2,1H3,(H,19,20)(H,21,22)/p-2/t9-/m0/s1. The highest BCUT2D eigenvalue weighted by molar-refractivity contribution is 9.10. The molecule has 1 aliphatic rings. The van der Waals surface area contributed by atoms with Crippen molar-refractivity contribution < 1.29 is 29.3 Å². The van der Waals surface area contributed by atoms with Crippen LogP contribution >= 0.6 is 15.9 Å². The van der Waals surface area contributed by atoms with Crippen LogP contribution in [0.3, 0.4) is 0 Å². The molecule has 0 unspecified atom stereocenters. The number of fused-ring (bicyclic) bond motifs is 1. The smallest absolute Gasteiger partial charge is 0.167 e. The van der Waals surface area contributed by atoms with Gasteiger partial charge in [-0.15, -0.1) is 0 Å². The number of methoxy groups -OCH3 is 1. The van der Waals surface area contributed by atoms with Crippen LogP contribution in [0.2, 0.25) is 0 Å². The van der Waals surface area contributed by atoms with Gasteiger partial charge in [-0.3, -0.25) is 4.79 Å². The van der Waals surface area contributed by atoms with E-state index < -0.39 is 17.9 Å². The summed E-state index contributed by atoms with van der Waals surface area (Å²) in [4.78, 5) is 33.9. The van der Waals surface area contributed by atoms with E-state index in [4.69, 9.17) is 4.74 Å². The Bertz CT molecular complexity index is 638. The summed E-state index contributed by atoms with van der Waals surface area (Å²) < 4.78 is 5.94. The highest BCUT2D eigenvalue weighted by atomic mass is 79.9. The van der Waals surface area contributed by atoms with E-state index in [9.17, 15) is 24.6 Å². The Morgan fingerprint density at radius 3 is 2.43 bits per heavy atom. The van der Waals surface area contributed by atoms with Gasteiger partial charge in [0.1, 0.15) is 5.75 Å². The molecule has 0 aliphatic heterocycles. The van der Waals surface area contributed by atoms with Gasteiger partial charge in [-0.1, -0.05) is 15.9 Å². The molecule has 0 heterocycles. The highest BCUT2D eigenvalue weighted by Gasteiger charge is 2.35. The number of halogens is 1. The first-order valence-electron chi connectivity index (χ1n) is 7.12. The van der Waals surface area contributed by atoms with Crippen LogP contribution in [-0.4, -0.2) is 24.8 Å². The monoisotopic (exact) mass is 382 g/mol. The Morgan fingerprint density at radius 1 is 1.30 bits per heavy atom. The van der Waals surface area contributed by atoms with Crippen molar-refractivity contribution in [3.05, 3.63) is 27.7 Å². The zero-order valence-corrected chi connectivity index (χ0v) is 14.1. The zero-order valence-electron chi connectivity index (χ0n) is 12.5. The van der Waals surface area contributed by atoms with Crippen molar-refractivity contribution >= 4 is 33.7 Å². The minimum atomic E-state index is -1.31. The summed E-state index contributed by atoms with van der Waals surface area (Å²) in [7, 11) is 1.47. The first-order valence-corrected chi connectivity index (χ1v) is 7.92. The first kappa shape index (κ1) is 17.5. The predicted octanol–water partition coefficient (Wildman–Crippen LogP) is 0.414. The molecule has 0 bridgehead atoms. The Morgan fingerprint density at radius 2 is 1.91 bits per heavy atom. The molecular formula is C16H15BrO6-2. The lowest BCUT2D eigenvalue weighted by molar-refractivity contribution is -0.310. The lowest BCUT2D eigenvalue weighted by Gasteiger charge is -2.22. The number of benzene rings is 1. The number of ketones is 1. The maximum Gasteiger partial charge on any atom is 0.167 e. The molecule has 23 heavy (non-hydrogen) atoms. The van der Waals surface area contributed by atoms with Gasteiger partial charge in [0.05, 0.1) is 12.7 Å². The Labute approximate surface area is 141 Å². The van der Waals surface area contributed by atoms with Gasteiger partial charge in [0.25, 0.3) is 0 Å². The summed E-state index contributed by atoms with van der Waals surface area (Å²) in [6, 6.07) is 3.44. The number of rotatable bonds is 7. The number of carbonyl (C=O) groups is 3. The van der Waals surface area contributed by atoms with Crippen LogP contribution in [-0.2, 0) is 9.59 Å². The van der Waals surface area contributed by atoms with Crippen molar-refractivity contribution in [3.63, 3.8) is 0 Å². The molecule has 7 heteroatoms. The number of carboxylic acid groups (broad SMARTS) is 2. The van der Waals surface area contributed by atoms with Crippen molar-refractivity contribution in [1.82, 2.24) is 0 Å². The molecule has 124 valence electrons. The fourth-order valence-corrected chi connectivity index (χ4v) is 3.83. The number of hydrogen-bond acceptors (Lipinski definition) is 6. The molecular weight excluding hydrogens is 368 g/mol. The molecule has 1 aromatic carbocycles. The Kier molecular flexibility index (Phi) is 5.41. The average molecular weight is 383 g/mol. The molecule has 0 saturated heterocycles. The van der Waals surface area contributed by atoms with Crippen molar-refractivity contribution in [2.75, 3.05) is 7.11 Å². The third kappa shape index (κ3) is 3.90. The molecule has 0 spiro atoms. The molecule has 0 fully saturated rings. The molecule has 0 radical (unpaired) electrons. The molecule has 0 amide bonds. The SMILES string of the molecule is COc1ccc(Br)c2c1C(=O)C[C@@H]2CC(CC(=O)[O-])CC(=O)[O-]. The summed E-state index contributed by atoms with van der Waals surface area (Å²) in [5.41, 5.74) is 1.23. The molecule has 0 N–H and O–H groups in total. The molecule has 0 aromatic heterocycles. The third-order valence-electron chi connectivity index (χ3n) is 4.02. The van der Waals surface area contributed by atoms with Crippen molar-refractivity contribution in [1.29, 1.82) is 0 Å². The number of Topliss-reactive ketones (excluding diaryl/α,β-unsaturated/α-hetero) is 1. The minimum absolute atomic E-state index is 0.0937. The number of hydrogen-bond donors (Lipinski definition) is 0. The lowest BCUT2D eigenvalue weighted by atomic mass is 9.86. The van der Waals surface area contributed by atoms with E-state index in [0.29, 0.717) is 11.3 Å². The molecule has 2 rings (SSSR count). The van der Waals surface area contributed by atoms with Crippen molar-refractivity contribution in [3.8, 4) is 5.75 Å². The summed E-state index contributed by atoms with van der Waals surface area (Å²) in [5.74, 6) is -3.16. The maximum atomic E-state index is 12.3. The van der Waals surface area contributed by atoms with Crippen LogP contribution in [0.15, 0.2) is 16.6 Å². The van der Waals surface area contributed by atoms with Gasteiger partial charge >= 0.3 is 0 Å². The number of carboxylic acids is 2. The van der Waals surface area contributed by atoms with E-state index in [1.165, 1.54) is 7.11 Å². The number of carbonyl (C=O) groups excluding carboxylic acids is 3. The molecule has 1 aromatic rings. The van der Waals surface area contributed by atoms with E-state index in [2.05, 4.69) is 15.9 Å². The fraction of sp³-hybridized carbons (Fsp3) is 0.438. The van der Waals surface area contributed by atoms with Crippen LogP contribution in [0.5, 0.6) is 5.75 Å².